The van der Waals surface area contributed by atoms with Crippen molar-refractivity contribution in [3.63, 3.8) is 0 Å². The zero-order chi connectivity index (χ0) is 48.5. The Hall–Kier alpha value is -1.55. The Morgan fingerprint density at radius 2 is 0.881 bits per heavy atom. The Balaban J connectivity index is 0.000000545. The summed E-state index contributed by atoms with van der Waals surface area (Å²) in [4.78, 5) is 40.3. The van der Waals surface area contributed by atoms with Crippen LogP contribution in [0.4, 0.5) is 0 Å². The van der Waals surface area contributed by atoms with E-state index in [-0.39, 0.29) is 24.6 Å². The summed E-state index contributed by atoms with van der Waals surface area (Å²) in [6.45, 7) is 15.9. The van der Waals surface area contributed by atoms with Crippen LogP contribution in [0.1, 0.15) is 278 Å². The van der Waals surface area contributed by atoms with Gasteiger partial charge in [0.2, 0.25) is 0 Å². The number of carbonyl (C=O) groups excluding carboxylic acids is 3. The van der Waals surface area contributed by atoms with E-state index in [0.29, 0.717) is 37.8 Å². The molecule has 9 nitrogen and oxygen atoms in total. The first-order valence-electron chi connectivity index (χ1n) is 29.4. The summed E-state index contributed by atoms with van der Waals surface area (Å²) < 4.78 is 16.5. The van der Waals surface area contributed by atoms with Crippen LogP contribution in [0.25, 0.3) is 0 Å². The Bertz CT molecular complexity index is 1060. The lowest BCUT2D eigenvalue weighted by Gasteiger charge is -2.18. The summed E-state index contributed by atoms with van der Waals surface area (Å²) >= 11 is 0. The fourth-order valence-electron chi connectivity index (χ4n) is 9.32. The zero-order valence-corrected chi connectivity index (χ0v) is 44.8. The van der Waals surface area contributed by atoms with Gasteiger partial charge in [-0.2, -0.15) is 0 Å². The maximum Gasteiger partial charge on any atom is 0.306 e. The molecule has 0 atom stereocenters. The van der Waals surface area contributed by atoms with E-state index in [1.807, 2.05) is 0 Å². The number of unbranched alkanes of at least 4 members (excludes halogenated alkanes) is 24. The van der Waals surface area contributed by atoms with E-state index in [2.05, 4.69) is 30.6 Å². The number of aliphatic hydroxyl groups excluding tert-OH is 1. The predicted molar refractivity (Wildman–Crippen MR) is 282 cm³/mol. The molecule has 3 fully saturated rings. The van der Waals surface area contributed by atoms with Crippen LogP contribution < -0.4 is 0 Å². The maximum atomic E-state index is 12.3. The van der Waals surface area contributed by atoms with Crippen LogP contribution in [-0.4, -0.2) is 104 Å². The van der Waals surface area contributed by atoms with Gasteiger partial charge in [0.05, 0.1) is 19.8 Å². The number of Topliss-reactive ketones (excluding diaryl/α,β-unsaturated/α-hetero) is 1. The molecule has 1 N–H and O–H groups in total. The molecule has 0 spiro atoms. The van der Waals surface area contributed by atoms with Gasteiger partial charge in [-0.3, -0.25) is 14.4 Å². The predicted octanol–water partition coefficient (Wildman–Crippen LogP) is 14.9. The van der Waals surface area contributed by atoms with Gasteiger partial charge in [-0.15, -0.1) is 0 Å². The molecule has 396 valence electrons. The second-order valence-corrected chi connectivity index (χ2v) is 20.5. The largest absolute Gasteiger partial charge is 0.466 e. The molecule has 0 aromatic carbocycles. The minimum Gasteiger partial charge on any atom is -0.466 e. The van der Waals surface area contributed by atoms with E-state index in [1.165, 1.54) is 206 Å². The van der Waals surface area contributed by atoms with Crippen molar-refractivity contribution in [3.05, 3.63) is 0 Å². The first kappa shape index (κ1) is 63.5. The quantitative estimate of drug-likeness (QED) is 0.0472. The molecule has 0 bridgehead atoms. The second-order valence-electron chi connectivity index (χ2n) is 20.5. The third kappa shape index (κ3) is 44.2. The van der Waals surface area contributed by atoms with Gasteiger partial charge in [-0.05, 0) is 129 Å². The molecule has 2 saturated heterocycles. The van der Waals surface area contributed by atoms with Gasteiger partial charge in [0.25, 0.3) is 0 Å². The first-order chi connectivity index (χ1) is 32.9. The minimum atomic E-state index is 0.00763. The highest BCUT2D eigenvalue weighted by Crippen LogP contribution is 2.31. The average Bonchev–Trinajstić information content (AvgIpc) is 3.80. The molecule has 0 radical (unpaired) electrons. The van der Waals surface area contributed by atoms with Crippen molar-refractivity contribution in [2.24, 2.45) is 5.92 Å². The molecule has 0 amide bonds. The fraction of sp³-hybridized carbons (Fsp3) is 0.948. The number of carbonyl (C=O) groups is 3. The molecule has 1 aliphatic carbocycles. The van der Waals surface area contributed by atoms with Crippen LogP contribution in [0.5, 0.6) is 0 Å². The van der Waals surface area contributed by atoms with E-state index >= 15 is 0 Å². The number of aliphatic hydroxyl groups is 1. The number of hydrogen-bond acceptors (Lipinski definition) is 9. The molecular formula is C58H112N2O7. The standard InChI is InChI=1S/C27H54O4.C21H41NO2.C10H17NO/c1-3-5-7-9-12-16-20-26(21-17-13-10-8-6-4-2)31-27(29)22-18-14-11-15-19-24-30-25-23-28;1-2-3-4-5-6-7-8-9-15-20-24-21(23)16-11-10-12-17-22-18-13-14-19-22;12-10(9-3-4-9)5-8-11-6-1-2-7-11/h26,28H,3-25H2,1-2H3;2-20H2,1H3;9H,1-8H2. The molecule has 9 heteroatoms. The van der Waals surface area contributed by atoms with E-state index in [4.69, 9.17) is 19.3 Å². The fourth-order valence-corrected chi connectivity index (χ4v) is 9.32. The first-order valence-corrected chi connectivity index (χ1v) is 29.4. The van der Waals surface area contributed by atoms with Crippen LogP contribution in [0.2, 0.25) is 0 Å². The van der Waals surface area contributed by atoms with E-state index in [0.717, 1.165) is 83.8 Å². The van der Waals surface area contributed by atoms with Crippen molar-refractivity contribution in [2.45, 2.75) is 284 Å². The normalized spacial score (nSPS) is 15.1. The van der Waals surface area contributed by atoms with E-state index in [9.17, 15) is 14.4 Å². The van der Waals surface area contributed by atoms with E-state index < -0.39 is 0 Å². The number of hydrogen-bond donors (Lipinski definition) is 1. The lowest BCUT2D eigenvalue weighted by molar-refractivity contribution is -0.150. The van der Waals surface area contributed by atoms with Gasteiger partial charge >= 0.3 is 11.9 Å². The maximum absolute atomic E-state index is 12.3. The molecule has 3 rings (SSSR count). The topological polar surface area (TPSA) is 106 Å². The lowest BCUT2D eigenvalue weighted by atomic mass is 10.0. The summed E-state index contributed by atoms with van der Waals surface area (Å²) in [5, 5.41) is 8.67. The van der Waals surface area contributed by atoms with Gasteiger partial charge in [0, 0.05) is 38.3 Å². The van der Waals surface area contributed by atoms with Crippen LogP contribution in [0.3, 0.4) is 0 Å². The number of nitrogens with zero attached hydrogens (tertiary/aromatic N) is 2. The SMILES string of the molecule is CCCCCCCCC(CCCCCCCC)OC(=O)CCCCCCCOCCO.CCCCCCCCCCCOC(=O)CCCCCN1CCCC1.O=C(CCN1CCCC1)C1CC1. The van der Waals surface area contributed by atoms with E-state index in [1.54, 1.807) is 0 Å². The highest BCUT2D eigenvalue weighted by Gasteiger charge is 2.29. The summed E-state index contributed by atoms with van der Waals surface area (Å²) in [6, 6.07) is 0. The van der Waals surface area contributed by atoms with Gasteiger partial charge in [0.1, 0.15) is 11.9 Å². The molecule has 3 aliphatic rings. The van der Waals surface area contributed by atoms with Crippen molar-refractivity contribution in [1.29, 1.82) is 0 Å². The summed E-state index contributed by atoms with van der Waals surface area (Å²) in [6.07, 6.45) is 47.8. The Labute approximate surface area is 415 Å². The average molecular weight is 950 g/mol. The summed E-state index contributed by atoms with van der Waals surface area (Å²) in [7, 11) is 0. The number of ketones is 1. The van der Waals surface area contributed by atoms with Crippen LogP contribution in [-0.2, 0) is 28.6 Å². The monoisotopic (exact) mass is 949 g/mol. The van der Waals surface area contributed by atoms with Crippen molar-refractivity contribution < 1.29 is 33.7 Å². The van der Waals surface area contributed by atoms with Crippen molar-refractivity contribution in [1.82, 2.24) is 9.80 Å². The van der Waals surface area contributed by atoms with Crippen molar-refractivity contribution in [2.75, 3.05) is 65.7 Å². The van der Waals surface area contributed by atoms with Gasteiger partial charge < -0.3 is 29.1 Å². The number of likely N-dealkylation sites (tertiary alicyclic amines) is 2. The number of ether oxygens (including phenoxy) is 3. The Kier molecular flexibility index (Phi) is 46.8. The lowest BCUT2D eigenvalue weighted by Crippen LogP contribution is -2.23. The second kappa shape index (κ2) is 49.4. The number of esters is 2. The molecular weight excluding hydrogens is 837 g/mol. The molecule has 2 aliphatic heterocycles. The summed E-state index contributed by atoms with van der Waals surface area (Å²) in [5.74, 6) is 0.999. The molecule has 1 saturated carbocycles. The minimum absolute atomic E-state index is 0.00763. The Morgan fingerprint density at radius 3 is 1.37 bits per heavy atom. The molecule has 0 unspecified atom stereocenters. The zero-order valence-electron chi connectivity index (χ0n) is 44.8. The van der Waals surface area contributed by atoms with Crippen molar-refractivity contribution in [3.8, 4) is 0 Å². The van der Waals surface area contributed by atoms with Gasteiger partial charge in [-0.25, -0.2) is 0 Å². The third-order valence-corrected chi connectivity index (χ3v) is 13.9. The molecule has 0 aromatic rings. The Morgan fingerprint density at radius 1 is 0.463 bits per heavy atom. The highest BCUT2D eigenvalue weighted by atomic mass is 16.5. The molecule has 2 heterocycles. The van der Waals surface area contributed by atoms with Gasteiger partial charge in [0.15, 0.2) is 0 Å². The molecule has 67 heavy (non-hydrogen) atoms. The third-order valence-electron chi connectivity index (χ3n) is 13.9. The van der Waals surface area contributed by atoms with Gasteiger partial charge in [-0.1, -0.05) is 162 Å². The number of rotatable bonds is 45. The van der Waals surface area contributed by atoms with Crippen molar-refractivity contribution >= 4 is 17.7 Å². The van der Waals surface area contributed by atoms with Crippen LogP contribution >= 0.6 is 0 Å². The smallest absolute Gasteiger partial charge is 0.306 e. The summed E-state index contributed by atoms with van der Waals surface area (Å²) in [5.41, 5.74) is 0. The van der Waals surface area contributed by atoms with Crippen LogP contribution in [0.15, 0.2) is 0 Å². The highest BCUT2D eigenvalue weighted by molar-refractivity contribution is 5.83. The molecule has 0 aromatic heterocycles. The van der Waals surface area contributed by atoms with Crippen LogP contribution in [0, 0.1) is 5.92 Å².